The van der Waals surface area contributed by atoms with Crippen molar-refractivity contribution in [3.8, 4) is 0 Å². The second kappa shape index (κ2) is 4.63. The average Bonchev–Trinajstić information content (AvgIpc) is 2.99. The van der Waals surface area contributed by atoms with Gasteiger partial charge >= 0.3 is 0 Å². The van der Waals surface area contributed by atoms with Crippen LogP contribution in [0.2, 0.25) is 0 Å². The lowest BCUT2D eigenvalue weighted by molar-refractivity contribution is -0.129. The molecule has 1 N–H and O–H groups in total. The predicted molar refractivity (Wildman–Crippen MR) is 71.4 cm³/mol. The van der Waals surface area contributed by atoms with E-state index in [4.69, 9.17) is 0 Å². The van der Waals surface area contributed by atoms with Gasteiger partial charge in [-0.05, 0) is 25.8 Å². The summed E-state index contributed by atoms with van der Waals surface area (Å²) in [7, 11) is 0. The molecule has 0 saturated carbocycles. The van der Waals surface area contributed by atoms with E-state index in [0.29, 0.717) is 12.5 Å². The van der Waals surface area contributed by atoms with Gasteiger partial charge in [0.05, 0.1) is 12.5 Å². The van der Waals surface area contributed by atoms with Gasteiger partial charge in [0, 0.05) is 18.1 Å². The maximum Gasteiger partial charge on any atom is 0.225 e. The molecule has 1 aromatic rings. The van der Waals surface area contributed by atoms with Crippen molar-refractivity contribution in [2.75, 3.05) is 13.1 Å². The first kappa shape index (κ1) is 12.1. The summed E-state index contributed by atoms with van der Waals surface area (Å²) in [5.41, 5.74) is -0.236. The Kier molecular flexibility index (Phi) is 3.11. The first-order valence-corrected chi connectivity index (χ1v) is 7.60. The number of thiazole rings is 1. The lowest BCUT2D eigenvalue weighted by atomic mass is 9.85. The zero-order valence-corrected chi connectivity index (χ0v) is 11.5. The molecular weight excluding hydrogens is 246 g/mol. The van der Waals surface area contributed by atoms with Crippen molar-refractivity contribution < 1.29 is 4.79 Å². The smallest absolute Gasteiger partial charge is 0.225 e. The molecule has 1 aromatic heterocycles. The van der Waals surface area contributed by atoms with Gasteiger partial charge < -0.3 is 10.2 Å². The Hall–Kier alpha value is -0.940. The van der Waals surface area contributed by atoms with E-state index in [0.717, 1.165) is 30.9 Å². The summed E-state index contributed by atoms with van der Waals surface area (Å²) in [5.74, 6) is 0.288. The summed E-state index contributed by atoms with van der Waals surface area (Å²) in [6.45, 7) is 3.89. The third-order valence-corrected chi connectivity index (χ3v) is 5.08. The van der Waals surface area contributed by atoms with Gasteiger partial charge in [-0.3, -0.25) is 4.79 Å². The Labute approximate surface area is 111 Å². The van der Waals surface area contributed by atoms with Gasteiger partial charge in [-0.15, -0.1) is 11.3 Å². The molecule has 2 saturated heterocycles. The molecular formula is C13H19N3OS. The molecule has 2 atom stereocenters. The van der Waals surface area contributed by atoms with Crippen molar-refractivity contribution in [2.45, 2.75) is 44.2 Å². The fourth-order valence-electron chi connectivity index (χ4n) is 3.43. The zero-order chi connectivity index (χ0) is 12.6. The number of piperidine rings is 1. The lowest BCUT2D eigenvalue weighted by Gasteiger charge is -2.39. The van der Waals surface area contributed by atoms with Crippen LogP contribution in [0.15, 0.2) is 11.6 Å². The fraction of sp³-hybridized carbons (Fsp3) is 0.692. The van der Waals surface area contributed by atoms with Gasteiger partial charge in [0.1, 0.15) is 10.5 Å². The topological polar surface area (TPSA) is 45.2 Å². The number of carbonyl (C=O) groups excluding carboxylic acids is 1. The standard InChI is InChI=1S/C13H19N3OS/c1-2-15-13(12-14-6-8-18-12)9-11(17)16-7-4-3-5-10(13)16/h6,8,10,15H,2-5,7,9H2,1H3. The number of aromatic nitrogens is 1. The molecule has 3 rings (SSSR count). The quantitative estimate of drug-likeness (QED) is 0.905. The van der Waals surface area contributed by atoms with Gasteiger partial charge in [0.2, 0.25) is 5.91 Å². The van der Waals surface area contributed by atoms with Crippen LogP contribution < -0.4 is 5.32 Å². The maximum atomic E-state index is 12.3. The van der Waals surface area contributed by atoms with Gasteiger partial charge in [0.25, 0.3) is 0 Å². The highest BCUT2D eigenvalue weighted by atomic mass is 32.1. The number of hydrogen-bond donors (Lipinski definition) is 1. The molecule has 98 valence electrons. The number of hydrogen-bond acceptors (Lipinski definition) is 4. The van der Waals surface area contributed by atoms with Crippen LogP contribution in [-0.2, 0) is 10.3 Å². The molecule has 0 aliphatic carbocycles. The SMILES string of the molecule is CCNC1(c2nccs2)CC(=O)N2CCCCC21. The van der Waals surface area contributed by atoms with E-state index in [1.54, 1.807) is 11.3 Å². The monoisotopic (exact) mass is 265 g/mol. The summed E-state index contributed by atoms with van der Waals surface area (Å²) in [4.78, 5) is 18.8. The zero-order valence-electron chi connectivity index (χ0n) is 10.7. The molecule has 4 nitrogen and oxygen atoms in total. The van der Waals surface area contributed by atoms with E-state index in [2.05, 4.69) is 22.1 Å². The van der Waals surface area contributed by atoms with E-state index < -0.39 is 0 Å². The third kappa shape index (κ3) is 1.68. The van der Waals surface area contributed by atoms with Crippen LogP contribution in [0.5, 0.6) is 0 Å². The van der Waals surface area contributed by atoms with Crippen LogP contribution in [0.3, 0.4) is 0 Å². The Morgan fingerprint density at radius 3 is 3.22 bits per heavy atom. The van der Waals surface area contributed by atoms with Crippen LogP contribution in [0.1, 0.15) is 37.6 Å². The third-order valence-electron chi connectivity index (χ3n) is 4.13. The summed E-state index contributed by atoms with van der Waals surface area (Å²) < 4.78 is 0. The van der Waals surface area contributed by atoms with Crippen molar-refractivity contribution in [1.82, 2.24) is 15.2 Å². The Bertz CT molecular complexity index is 433. The highest BCUT2D eigenvalue weighted by Crippen LogP contribution is 2.43. The van der Waals surface area contributed by atoms with Crippen LogP contribution in [0, 0.1) is 0 Å². The summed E-state index contributed by atoms with van der Waals surface area (Å²) in [6.07, 6.45) is 5.86. The van der Waals surface area contributed by atoms with E-state index >= 15 is 0 Å². The van der Waals surface area contributed by atoms with Crippen LogP contribution >= 0.6 is 11.3 Å². The number of carbonyl (C=O) groups is 1. The van der Waals surface area contributed by atoms with E-state index in [-0.39, 0.29) is 11.4 Å². The Morgan fingerprint density at radius 1 is 1.61 bits per heavy atom. The summed E-state index contributed by atoms with van der Waals surface area (Å²) in [5, 5.41) is 6.66. The minimum Gasteiger partial charge on any atom is -0.337 e. The summed E-state index contributed by atoms with van der Waals surface area (Å²) in [6, 6.07) is 0.296. The van der Waals surface area contributed by atoms with Crippen molar-refractivity contribution >= 4 is 17.2 Å². The van der Waals surface area contributed by atoms with Crippen molar-refractivity contribution in [1.29, 1.82) is 0 Å². The van der Waals surface area contributed by atoms with E-state index in [1.165, 1.54) is 6.42 Å². The number of rotatable bonds is 3. The second-order valence-electron chi connectivity index (χ2n) is 5.11. The minimum absolute atomic E-state index is 0.236. The van der Waals surface area contributed by atoms with Crippen molar-refractivity contribution in [3.05, 3.63) is 16.6 Å². The van der Waals surface area contributed by atoms with Crippen LogP contribution in [-0.4, -0.2) is 34.9 Å². The molecule has 0 bridgehead atoms. The molecule has 2 aliphatic heterocycles. The highest BCUT2D eigenvalue weighted by Gasteiger charge is 2.54. The molecule has 5 heteroatoms. The minimum atomic E-state index is -0.236. The van der Waals surface area contributed by atoms with Gasteiger partial charge in [0.15, 0.2) is 0 Å². The van der Waals surface area contributed by atoms with Gasteiger partial charge in [-0.1, -0.05) is 6.92 Å². The molecule has 3 heterocycles. The summed E-state index contributed by atoms with van der Waals surface area (Å²) >= 11 is 1.66. The number of fused-ring (bicyclic) bond motifs is 1. The Morgan fingerprint density at radius 2 is 2.50 bits per heavy atom. The predicted octanol–water partition coefficient (Wildman–Crippen LogP) is 1.73. The van der Waals surface area contributed by atoms with Crippen molar-refractivity contribution in [3.63, 3.8) is 0 Å². The van der Waals surface area contributed by atoms with E-state index in [1.807, 2.05) is 11.6 Å². The van der Waals surface area contributed by atoms with Gasteiger partial charge in [-0.25, -0.2) is 4.98 Å². The molecule has 2 fully saturated rings. The average molecular weight is 265 g/mol. The molecule has 0 spiro atoms. The molecule has 1 amide bonds. The highest BCUT2D eigenvalue weighted by molar-refractivity contribution is 7.09. The first-order valence-electron chi connectivity index (χ1n) is 6.72. The largest absolute Gasteiger partial charge is 0.337 e. The van der Waals surface area contributed by atoms with Crippen molar-refractivity contribution in [2.24, 2.45) is 0 Å². The van der Waals surface area contributed by atoms with Gasteiger partial charge in [-0.2, -0.15) is 0 Å². The Balaban J connectivity index is 2.01. The first-order chi connectivity index (χ1) is 8.78. The number of amides is 1. The normalized spacial score (nSPS) is 31.7. The van der Waals surface area contributed by atoms with Crippen LogP contribution in [0.25, 0.3) is 0 Å². The maximum absolute atomic E-state index is 12.3. The second-order valence-corrected chi connectivity index (χ2v) is 6.01. The molecule has 2 unspecified atom stereocenters. The van der Waals surface area contributed by atoms with E-state index in [9.17, 15) is 4.79 Å². The molecule has 0 aromatic carbocycles. The molecule has 18 heavy (non-hydrogen) atoms. The molecule has 2 aliphatic rings. The molecule has 0 radical (unpaired) electrons. The number of nitrogens with zero attached hydrogens (tertiary/aromatic N) is 2. The van der Waals surface area contributed by atoms with Crippen LogP contribution in [0.4, 0.5) is 0 Å². The number of likely N-dealkylation sites (N-methyl/N-ethyl adjacent to an activating group) is 1. The fourth-order valence-corrected chi connectivity index (χ4v) is 4.30. The lowest BCUT2D eigenvalue weighted by Crippen LogP contribution is -2.53. The number of nitrogens with one attached hydrogen (secondary N) is 1.